The van der Waals surface area contributed by atoms with Crippen LogP contribution in [0.15, 0.2) is 36.5 Å². The standard InChI is InChI=1S/C18H20N2O2/c1-18(2,3)22-17(21)19-11-7-6-8-14-12-15-9-4-5-10-16(15)20-13-14/h4-5,9-10,12-13H,7,11H2,1-3H3,(H,19,21). The zero-order valence-corrected chi connectivity index (χ0v) is 13.1. The van der Waals surface area contributed by atoms with Crippen LogP contribution in [0, 0.1) is 11.8 Å². The molecule has 4 heteroatoms. The second-order valence-corrected chi connectivity index (χ2v) is 5.90. The molecule has 114 valence electrons. The molecule has 0 unspecified atom stereocenters. The van der Waals surface area contributed by atoms with Gasteiger partial charge in [0.15, 0.2) is 0 Å². The Morgan fingerprint density at radius 3 is 2.86 bits per heavy atom. The molecule has 1 heterocycles. The number of hydrogen-bond donors (Lipinski definition) is 1. The van der Waals surface area contributed by atoms with Gasteiger partial charge >= 0.3 is 6.09 Å². The first-order valence-corrected chi connectivity index (χ1v) is 7.24. The smallest absolute Gasteiger partial charge is 0.407 e. The number of fused-ring (bicyclic) bond motifs is 1. The first kappa shape index (κ1) is 15.8. The number of nitrogens with zero attached hydrogens (tertiary/aromatic N) is 1. The summed E-state index contributed by atoms with van der Waals surface area (Å²) in [7, 11) is 0. The number of para-hydroxylation sites is 1. The van der Waals surface area contributed by atoms with Crippen LogP contribution in [0.25, 0.3) is 10.9 Å². The average molecular weight is 296 g/mol. The van der Waals surface area contributed by atoms with Crippen molar-refractivity contribution in [3.05, 3.63) is 42.1 Å². The molecule has 1 aromatic carbocycles. The van der Waals surface area contributed by atoms with Crippen molar-refractivity contribution in [2.24, 2.45) is 0 Å². The highest BCUT2D eigenvalue weighted by Gasteiger charge is 2.15. The van der Waals surface area contributed by atoms with Crippen molar-refractivity contribution in [3.8, 4) is 11.8 Å². The van der Waals surface area contributed by atoms with E-state index < -0.39 is 11.7 Å². The summed E-state index contributed by atoms with van der Waals surface area (Å²) in [5.74, 6) is 6.08. The molecular weight excluding hydrogens is 276 g/mol. The Bertz CT molecular complexity index is 721. The van der Waals surface area contributed by atoms with Crippen molar-refractivity contribution < 1.29 is 9.53 Å². The topological polar surface area (TPSA) is 51.2 Å². The van der Waals surface area contributed by atoms with Gasteiger partial charge in [-0.15, -0.1) is 0 Å². The molecule has 0 atom stereocenters. The number of rotatable bonds is 2. The van der Waals surface area contributed by atoms with Gasteiger partial charge in [-0.25, -0.2) is 4.79 Å². The van der Waals surface area contributed by atoms with Crippen molar-refractivity contribution in [2.75, 3.05) is 6.54 Å². The number of carbonyl (C=O) groups excluding carboxylic acids is 1. The van der Waals surface area contributed by atoms with Gasteiger partial charge in [-0.1, -0.05) is 30.0 Å². The summed E-state index contributed by atoms with van der Waals surface area (Å²) in [5, 5.41) is 3.75. The molecule has 0 aliphatic heterocycles. The quantitative estimate of drug-likeness (QED) is 0.681. The lowest BCUT2D eigenvalue weighted by molar-refractivity contribution is 0.0529. The molecule has 1 amide bonds. The zero-order chi connectivity index (χ0) is 16.0. The maximum atomic E-state index is 11.4. The predicted octanol–water partition coefficient (Wildman–Crippen LogP) is 3.50. The maximum Gasteiger partial charge on any atom is 0.407 e. The van der Waals surface area contributed by atoms with Gasteiger partial charge in [0, 0.05) is 30.1 Å². The van der Waals surface area contributed by atoms with Crippen LogP contribution in [-0.4, -0.2) is 23.2 Å². The highest BCUT2D eigenvalue weighted by Crippen LogP contribution is 2.11. The Kier molecular flexibility index (Phi) is 5.00. The average Bonchev–Trinajstić information content (AvgIpc) is 2.45. The molecule has 0 saturated heterocycles. The molecule has 1 N–H and O–H groups in total. The lowest BCUT2D eigenvalue weighted by Crippen LogP contribution is -2.32. The van der Waals surface area contributed by atoms with E-state index in [0.717, 1.165) is 16.5 Å². The van der Waals surface area contributed by atoms with Crippen molar-refractivity contribution in [3.63, 3.8) is 0 Å². The largest absolute Gasteiger partial charge is 0.444 e. The van der Waals surface area contributed by atoms with Gasteiger partial charge in [0.25, 0.3) is 0 Å². The highest BCUT2D eigenvalue weighted by molar-refractivity contribution is 5.79. The second-order valence-electron chi connectivity index (χ2n) is 5.90. The molecule has 0 saturated carbocycles. The van der Waals surface area contributed by atoms with Crippen LogP contribution >= 0.6 is 0 Å². The summed E-state index contributed by atoms with van der Waals surface area (Å²) in [6.45, 7) is 5.96. The van der Waals surface area contributed by atoms with E-state index in [-0.39, 0.29) is 0 Å². The molecule has 22 heavy (non-hydrogen) atoms. The Labute approximate surface area is 130 Å². The van der Waals surface area contributed by atoms with Crippen LogP contribution in [0.3, 0.4) is 0 Å². The Balaban J connectivity index is 1.84. The molecule has 0 radical (unpaired) electrons. The molecule has 2 rings (SSSR count). The van der Waals surface area contributed by atoms with Gasteiger partial charge in [0.05, 0.1) is 5.52 Å². The van der Waals surface area contributed by atoms with E-state index in [9.17, 15) is 4.79 Å². The van der Waals surface area contributed by atoms with Crippen molar-refractivity contribution >= 4 is 17.0 Å². The summed E-state index contributed by atoms with van der Waals surface area (Å²) in [5.41, 5.74) is 1.35. The minimum atomic E-state index is -0.480. The van der Waals surface area contributed by atoms with Crippen molar-refractivity contribution in [1.82, 2.24) is 10.3 Å². The molecule has 0 spiro atoms. The van der Waals surface area contributed by atoms with Crippen LogP contribution in [0.5, 0.6) is 0 Å². The van der Waals surface area contributed by atoms with Gasteiger partial charge in [-0.3, -0.25) is 4.98 Å². The minimum absolute atomic E-state index is 0.415. The molecular formula is C18H20N2O2. The van der Waals surface area contributed by atoms with E-state index in [1.54, 1.807) is 6.20 Å². The summed E-state index contributed by atoms with van der Waals surface area (Å²) >= 11 is 0. The Hall–Kier alpha value is -2.54. The van der Waals surface area contributed by atoms with Gasteiger partial charge in [-0.05, 0) is 32.9 Å². The fraction of sp³-hybridized carbons (Fsp3) is 0.333. The number of nitrogens with one attached hydrogen (secondary N) is 1. The maximum absolute atomic E-state index is 11.4. The van der Waals surface area contributed by atoms with Gasteiger partial charge in [-0.2, -0.15) is 0 Å². The fourth-order valence-electron chi connectivity index (χ4n) is 1.85. The van der Waals surface area contributed by atoms with E-state index >= 15 is 0 Å². The first-order valence-electron chi connectivity index (χ1n) is 7.24. The molecule has 0 aliphatic carbocycles. The monoisotopic (exact) mass is 296 g/mol. The minimum Gasteiger partial charge on any atom is -0.444 e. The number of pyridine rings is 1. The lowest BCUT2D eigenvalue weighted by Gasteiger charge is -2.19. The van der Waals surface area contributed by atoms with Crippen LogP contribution in [-0.2, 0) is 4.74 Å². The zero-order valence-electron chi connectivity index (χ0n) is 13.1. The van der Waals surface area contributed by atoms with Crippen molar-refractivity contribution in [1.29, 1.82) is 0 Å². The second kappa shape index (κ2) is 6.95. The SMILES string of the molecule is CC(C)(C)OC(=O)NCCC#Cc1cnc2ccccc2c1. The number of carbonyl (C=O) groups is 1. The summed E-state index contributed by atoms with van der Waals surface area (Å²) in [4.78, 5) is 15.8. The summed E-state index contributed by atoms with van der Waals surface area (Å²) < 4.78 is 5.14. The third kappa shape index (κ3) is 5.10. The third-order valence-electron chi connectivity index (χ3n) is 2.74. The van der Waals surface area contributed by atoms with Gasteiger partial charge < -0.3 is 10.1 Å². The Morgan fingerprint density at radius 1 is 1.32 bits per heavy atom. The lowest BCUT2D eigenvalue weighted by atomic mass is 10.1. The highest BCUT2D eigenvalue weighted by atomic mass is 16.6. The van der Waals surface area contributed by atoms with E-state index in [4.69, 9.17) is 4.74 Å². The van der Waals surface area contributed by atoms with E-state index in [2.05, 4.69) is 22.1 Å². The van der Waals surface area contributed by atoms with Crippen LogP contribution < -0.4 is 5.32 Å². The van der Waals surface area contributed by atoms with Crippen LogP contribution in [0.2, 0.25) is 0 Å². The van der Waals surface area contributed by atoms with E-state index in [1.165, 1.54) is 0 Å². The van der Waals surface area contributed by atoms with E-state index in [0.29, 0.717) is 13.0 Å². The normalized spacial score (nSPS) is 10.7. The number of benzene rings is 1. The predicted molar refractivity (Wildman–Crippen MR) is 87.5 cm³/mol. The molecule has 0 bridgehead atoms. The van der Waals surface area contributed by atoms with Gasteiger partial charge in [0.2, 0.25) is 0 Å². The molecule has 1 aromatic heterocycles. The first-order chi connectivity index (χ1) is 10.4. The number of aromatic nitrogens is 1. The van der Waals surface area contributed by atoms with Crippen molar-refractivity contribution in [2.45, 2.75) is 32.8 Å². The molecule has 2 aromatic rings. The summed E-state index contributed by atoms with van der Waals surface area (Å²) in [6, 6.07) is 9.93. The number of hydrogen-bond acceptors (Lipinski definition) is 3. The number of amides is 1. The van der Waals surface area contributed by atoms with E-state index in [1.807, 2.05) is 51.1 Å². The molecule has 4 nitrogen and oxygen atoms in total. The summed E-state index contributed by atoms with van der Waals surface area (Å²) in [6.07, 6.45) is 1.91. The molecule has 0 aliphatic rings. The number of alkyl carbamates (subject to hydrolysis) is 1. The Morgan fingerprint density at radius 2 is 2.09 bits per heavy atom. The number of ether oxygens (including phenoxy) is 1. The van der Waals surface area contributed by atoms with Crippen LogP contribution in [0.1, 0.15) is 32.8 Å². The van der Waals surface area contributed by atoms with Gasteiger partial charge in [0.1, 0.15) is 5.60 Å². The van der Waals surface area contributed by atoms with Crippen LogP contribution in [0.4, 0.5) is 4.79 Å². The third-order valence-corrected chi connectivity index (χ3v) is 2.74. The fourth-order valence-corrected chi connectivity index (χ4v) is 1.85. The molecule has 0 fully saturated rings.